The number of hydrogen-bond donors (Lipinski definition) is 1. The standard InChI is InChI=1S/C22H27N3O3S/c1-12(2)11-25-17-10-8-7-9-16(17)24-22(25)29-15(5)20(26)19-13(3)18(14(4)23-19)21(27)28-6/h7-10,12,15,23H,11H2,1-6H3/t15-/m0/s1. The van der Waals surface area contributed by atoms with Gasteiger partial charge in [-0.1, -0.05) is 37.7 Å². The highest BCUT2D eigenvalue weighted by molar-refractivity contribution is 8.00. The zero-order valence-corrected chi connectivity index (χ0v) is 18.5. The number of imidazole rings is 1. The van der Waals surface area contributed by atoms with E-state index >= 15 is 0 Å². The maximum atomic E-state index is 13.2. The summed E-state index contributed by atoms with van der Waals surface area (Å²) in [5, 5.41) is 0.467. The Morgan fingerprint density at radius 1 is 1.21 bits per heavy atom. The number of aryl methyl sites for hydroxylation is 1. The maximum absolute atomic E-state index is 13.2. The van der Waals surface area contributed by atoms with Crippen LogP contribution in [0.1, 0.15) is 52.9 Å². The minimum absolute atomic E-state index is 0.0612. The number of carbonyl (C=O) groups is 2. The number of nitrogens with zero attached hydrogens (tertiary/aromatic N) is 2. The Balaban J connectivity index is 1.92. The summed E-state index contributed by atoms with van der Waals surface area (Å²) in [5.41, 5.74) is 4.15. The summed E-state index contributed by atoms with van der Waals surface area (Å²) in [5.74, 6) is -0.0443. The van der Waals surface area contributed by atoms with E-state index in [0.29, 0.717) is 28.4 Å². The maximum Gasteiger partial charge on any atom is 0.339 e. The van der Waals surface area contributed by atoms with Gasteiger partial charge in [0.2, 0.25) is 0 Å². The van der Waals surface area contributed by atoms with E-state index in [1.807, 2.05) is 25.1 Å². The van der Waals surface area contributed by atoms with Gasteiger partial charge in [0.1, 0.15) is 0 Å². The van der Waals surface area contributed by atoms with Crippen molar-refractivity contribution in [1.82, 2.24) is 14.5 Å². The molecule has 1 N–H and O–H groups in total. The van der Waals surface area contributed by atoms with Gasteiger partial charge >= 0.3 is 5.97 Å². The lowest BCUT2D eigenvalue weighted by atomic mass is 10.1. The van der Waals surface area contributed by atoms with Gasteiger partial charge in [0, 0.05) is 12.2 Å². The van der Waals surface area contributed by atoms with Crippen molar-refractivity contribution in [2.45, 2.75) is 51.6 Å². The van der Waals surface area contributed by atoms with Gasteiger partial charge in [0.25, 0.3) is 0 Å². The molecule has 0 fully saturated rings. The van der Waals surface area contributed by atoms with E-state index in [1.54, 1.807) is 13.8 Å². The number of aromatic nitrogens is 3. The first-order valence-electron chi connectivity index (χ1n) is 9.68. The van der Waals surface area contributed by atoms with Crippen LogP contribution >= 0.6 is 11.8 Å². The van der Waals surface area contributed by atoms with Crippen molar-refractivity contribution in [3.05, 3.63) is 46.8 Å². The van der Waals surface area contributed by atoms with Crippen LogP contribution in [0.15, 0.2) is 29.4 Å². The Kier molecular flexibility index (Phi) is 6.17. The molecule has 0 bridgehead atoms. The molecule has 2 heterocycles. The van der Waals surface area contributed by atoms with E-state index in [1.165, 1.54) is 18.9 Å². The molecule has 0 aliphatic carbocycles. The van der Waals surface area contributed by atoms with Crippen LogP contribution in [0.4, 0.5) is 0 Å². The summed E-state index contributed by atoms with van der Waals surface area (Å²) in [4.78, 5) is 33.0. The molecule has 0 aliphatic heterocycles. The molecule has 154 valence electrons. The summed E-state index contributed by atoms with van der Waals surface area (Å²) < 4.78 is 7.03. The molecule has 0 radical (unpaired) electrons. The number of methoxy groups -OCH3 is 1. The molecule has 2 aromatic heterocycles. The number of carbonyl (C=O) groups excluding carboxylic acids is 2. The predicted molar refractivity (Wildman–Crippen MR) is 116 cm³/mol. The van der Waals surface area contributed by atoms with Crippen LogP contribution in [-0.2, 0) is 11.3 Å². The van der Waals surface area contributed by atoms with Crippen molar-refractivity contribution in [1.29, 1.82) is 0 Å². The van der Waals surface area contributed by atoms with Gasteiger partial charge in [-0.15, -0.1) is 0 Å². The third-order valence-electron chi connectivity index (χ3n) is 4.89. The summed E-state index contributed by atoms with van der Waals surface area (Å²) >= 11 is 1.44. The highest BCUT2D eigenvalue weighted by Crippen LogP contribution is 2.31. The quantitative estimate of drug-likeness (QED) is 0.342. The smallest absolute Gasteiger partial charge is 0.339 e. The summed E-state index contributed by atoms with van der Waals surface area (Å²) in [6.07, 6.45) is 0. The highest BCUT2D eigenvalue weighted by atomic mass is 32.2. The van der Waals surface area contributed by atoms with Gasteiger partial charge in [-0.2, -0.15) is 0 Å². The number of thioether (sulfide) groups is 1. The topological polar surface area (TPSA) is 77.0 Å². The average molecular weight is 414 g/mol. The SMILES string of the molecule is COC(=O)c1c(C)[nH]c(C(=O)[C@H](C)Sc2nc3ccccc3n2CC(C)C)c1C. The highest BCUT2D eigenvalue weighted by Gasteiger charge is 2.27. The van der Waals surface area contributed by atoms with E-state index in [4.69, 9.17) is 9.72 Å². The zero-order chi connectivity index (χ0) is 21.3. The van der Waals surface area contributed by atoms with Crippen LogP contribution in [0, 0.1) is 19.8 Å². The lowest BCUT2D eigenvalue weighted by Crippen LogP contribution is -2.17. The monoisotopic (exact) mass is 413 g/mol. The molecular weight excluding hydrogens is 386 g/mol. The molecular formula is C22H27N3O3S. The number of fused-ring (bicyclic) bond motifs is 1. The van der Waals surface area contributed by atoms with Crippen LogP contribution in [0.3, 0.4) is 0 Å². The van der Waals surface area contributed by atoms with Gasteiger partial charge in [-0.05, 0) is 44.4 Å². The van der Waals surface area contributed by atoms with Crippen LogP contribution < -0.4 is 0 Å². The Morgan fingerprint density at radius 2 is 1.90 bits per heavy atom. The summed E-state index contributed by atoms with van der Waals surface area (Å²) in [7, 11) is 1.34. The molecule has 0 unspecified atom stereocenters. The zero-order valence-electron chi connectivity index (χ0n) is 17.7. The average Bonchev–Trinajstić information content (AvgIpc) is 3.17. The number of ketones is 1. The lowest BCUT2D eigenvalue weighted by Gasteiger charge is -2.14. The number of aromatic amines is 1. The van der Waals surface area contributed by atoms with E-state index < -0.39 is 5.97 Å². The van der Waals surface area contributed by atoms with E-state index in [0.717, 1.165) is 22.7 Å². The number of ether oxygens (including phenoxy) is 1. The molecule has 7 heteroatoms. The molecule has 0 spiro atoms. The van der Waals surface area contributed by atoms with Crippen molar-refractivity contribution in [3.8, 4) is 0 Å². The summed E-state index contributed by atoms with van der Waals surface area (Å²) in [6.45, 7) is 10.6. The first kappa shape index (κ1) is 21.2. The predicted octanol–water partition coefficient (Wildman–Crippen LogP) is 4.79. The largest absolute Gasteiger partial charge is 0.465 e. The van der Waals surface area contributed by atoms with Gasteiger partial charge in [-0.3, -0.25) is 4.79 Å². The number of Topliss-reactive ketones (excluding diaryl/α,β-unsaturated/α-hetero) is 1. The number of nitrogens with one attached hydrogen (secondary N) is 1. The van der Waals surface area contributed by atoms with Crippen molar-refractivity contribution in [3.63, 3.8) is 0 Å². The fourth-order valence-electron chi connectivity index (χ4n) is 3.50. The second kappa shape index (κ2) is 8.45. The Labute approximate surface area is 175 Å². The van der Waals surface area contributed by atoms with E-state index in [-0.39, 0.29) is 11.0 Å². The number of esters is 1. The fourth-order valence-corrected chi connectivity index (χ4v) is 4.50. The van der Waals surface area contributed by atoms with Gasteiger partial charge < -0.3 is 14.3 Å². The third kappa shape index (κ3) is 4.10. The van der Waals surface area contributed by atoms with Gasteiger partial charge in [-0.25, -0.2) is 9.78 Å². The molecule has 29 heavy (non-hydrogen) atoms. The number of hydrogen-bond acceptors (Lipinski definition) is 5. The Bertz CT molecular complexity index is 1060. The van der Waals surface area contributed by atoms with Crippen molar-refractivity contribution < 1.29 is 14.3 Å². The molecule has 3 aromatic rings. The van der Waals surface area contributed by atoms with Crippen LogP contribution in [0.5, 0.6) is 0 Å². The molecule has 0 saturated heterocycles. The number of benzene rings is 1. The summed E-state index contributed by atoms with van der Waals surface area (Å²) in [6, 6.07) is 8.02. The second-order valence-corrected chi connectivity index (χ2v) is 8.94. The molecule has 0 aliphatic rings. The number of rotatable bonds is 7. The van der Waals surface area contributed by atoms with Crippen molar-refractivity contribution in [2.24, 2.45) is 5.92 Å². The minimum atomic E-state index is -0.436. The Morgan fingerprint density at radius 3 is 2.55 bits per heavy atom. The fraction of sp³-hybridized carbons (Fsp3) is 0.409. The first-order chi connectivity index (χ1) is 13.7. The van der Waals surface area contributed by atoms with Gasteiger partial charge in [0.15, 0.2) is 10.9 Å². The first-order valence-corrected chi connectivity index (χ1v) is 10.6. The molecule has 1 atom stereocenters. The van der Waals surface area contributed by atoms with Crippen molar-refractivity contribution in [2.75, 3.05) is 7.11 Å². The second-order valence-electron chi connectivity index (χ2n) is 7.63. The molecule has 0 amide bonds. The van der Waals surface area contributed by atoms with Crippen LogP contribution in [0.25, 0.3) is 11.0 Å². The molecule has 1 aromatic carbocycles. The van der Waals surface area contributed by atoms with E-state index in [9.17, 15) is 9.59 Å². The molecule has 0 saturated carbocycles. The lowest BCUT2D eigenvalue weighted by molar-refractivity contribution is 0.0599. The third-order valence-corrected chi connectivity index (χ3v) is 5.98. The van der Waals surface area contributed by atoms with Crippen LogP contribution in [0.2, 0.25) is 0 Å². The molecule has 6 nitrogen and oxygen atoms in total. The number of H-pyrrole nitrogens is 1. The van der Waals surface area contributed by atoms with Gasteiger partial charge in [0.05, 0.1) is 34.7 Å². The Hall–Kier alpha value is -2.54. The molecule has 3 rings (SSSR count). The van der Waals surface area contributed by atoms with Crippen LogP contribution in [-0.4, -0.2) is 38.6 Å². The minimum Gasteiger partial charge on any atom is -0.465 e. The van der Waals surface area contributed by atoms with Crippen molar-refractivity contribution >= 4 is 34.5 Å². The number of para-hydroxylation sites is 2. The normalized spacial score (nSPS) is 12.5. The van der Waals surface area contributed by atoms with E-state index in [2.05, 4.69) is 29.5 Å².